The molecule has 2 heteroatoms. The van der Waals surface area contributed by atoms with Gasteiger partial charge in [-0.05, 0) is 46.6 Å². The predicted octanol–water partition coefficient (Wildman–Crippen LogP) is 4.55. The second-order valence-electron chi connectivity index (χ2n) is 3.77. The van der Waals surface area contributed by atoms with E-state index in [1.165, 1.54) is 16.7 Å². The predicted molar refractivity (Wildman–Crippen MR) is 80.9 cm³/mol. The Morgan fingerprint density at radius 1 is 1.25 bits per heavy atom. The lowest BCUT2D eigenvalue weighted by Crippen LogP contribution is -1.85. The van der Waals surface area contributed by atoms with Crippen LogP contribution in [0.1, 0.15) is 18.1 Å². The zero-order valence-electron chi connectivity index (χ0n) is 9.18. The standard InChI is InChI=1S/C14H14S2/c1-11(2)12-3-5-13(6-4-12)14-7-9-16(15)10-8-14/h3-10,15H,1H2,2H3. The van der Waals surface area contributed by atoms with Crippen LogP contribution in [0.25, 0.3) is 11.1 Å². The quantitative estimate of drug-likeness (QED) is 0.442. The highest BCUT2D eigenvalue weighted by atomic mass is 33.1. The van der Waals surface area contributed by atoms with Gasteiger partial charge in [-0.25, -0.2) is 0 Å². The molecule has 0 N–H and O–H groups in total. The van der Waals surface area contributed by atoms with Crippen LogP contribution in [-0.4, -0.2) is 5.37 Å². The zero-order valence-corrected chi connectivity index (χ0v) is 10.9. The van der Waals surface area contributed by atoms with Gasteiger partial charge in [0.1, 0.15) is 0 Å². The smallest absolute Gasteiger partial charge is 0.0174 e. The van der Waals surface area contributed by atoms with Gasteiger partial charge in [0.05, 0.1) is 0 Å². The van der Waals surface area contributed by atoms with Crippen molar-refractivity contribution in [2.75, 3.05) is 0 Å². The van der Waals surface area contributed by atoms with Crippen molar-refractivity contribution in [1.82, 2.24) is 0 Å². The van der Waals surface area contributed by atoms with Crippen molar-refractivity contribution >= 4 is 37.7 Å². The summed E-state index contributed by atoms with van der Waals surface area (Å²) in [6.07, 6.45) is 4.26. The van der Waals surface area contributed by atoms with Crippen LogP contribution in [0.2, 0.25) is 0 Å². The molecule has 1 heterocycles. The molecule has 0 radical (unpaired) electrons. The normalized spacial score (nSPS) is 18.9. The first-order valence-corrected chi connectivity index (χ1v) is 7.48. The molecule has 0 nitrogen and oxygen atoms in total. The second kappa shape index (κ2) is 4.89. The second-order valence-corrected chi connectivity index (χ2v) is 6.27. The molecule has 0 bridgehead atoms. The number of allylic oxidation sites excluding steroid dienone is 4. The molecule has 16 heavy (non-hydrogen) atoms. The van der Waals surface area contributed by atoms with Crippen molar-refractivity contribution in [3.05, 3.63) is 59.5 Å². The molecule has 0 fully saturated rings. The maximum atomic E-state index is 4.39. The van der Waals surface area contributed by atoms with Gasteiger partial charge in [0.2, 0.25) is 0 Å². The monoisotopic (exact) mass is 246 g/mol. The maximum Gasteiger partial charge on any atom is -0.0174 e. The summed E-state index contributed by atoms with van der Waals surface area (Å²) >= 11 is 4.39. The van der Waals surface area contributed by atoms with Crippen LogP contribution in [-0.2, 0) is 0 Å². The summed E-state index contributed by atoms with van der Waals surface area (Å²) in [6.45, 7) is 5.96. The minimum atomic E-state index is 0.00200. The number of thiol groups is 1. The molecule has 82 valence electrons. The average Bonchev–Trinajstić information content (AvgIpc) is 2.30. The fraction of sp³-hybridized carbons (Fsp3) is 0.0714. The van der Waals surface area contributed by atoms with Crippen molar-refractivity contribution in [2.45, 2.75) is 6.92 Å². The fourth-order valence-corrected chi connectivity index (χ4v) is 2.55. The van der Waals surface area contributed by atoms with E-state index in [0.29, 0.717) is 0 Å². The van der Waals surface area contributed by atoms with Crippen LogP contribution in [0, 0.1) is 0 Å². The summed E-state index contributed by atoms with van der Waals surface area (Å²) < 4.78 is 0. The third kappa shape index (κ3) is 2.57. The van der Waals surface area contributed by atoms with Gasteiger partial charge in [-0.15, -0.1) is 21.2 Å². The van der Waals surface area contributed by atoms with E-state index in [1.54, 1.807) is 0 Å². The van der Waals surface area contributed by atoms with Crippen LogP contribution in [0.4, 0.5) is 0 Å². The molecule has 1 unspecified atom stereocenters. The van der Waals surface area contributed by atoms with E-state index >= 15 is 0 Å². The van der Waals surface area contributed by atoms with E-state index in [4.69, 9.17) is 0 Å². The molecule has 0 saturated heterocycles. The Balaban J connectivity index is 2.30. The van der Waals surface area contributed by atoms with Crippen LogP contribution in [0.5, 0.6) is 0 Å². The molecule has 1 aliphatic rings. The number of rotatable bonds is 2. The van der Waals surface area contributed by atoms with Gasteiger partial charge in [0, 0.05) is 0 Å². The Kier molecular flexibility index (Phi) is 3.52. The molecule has 1 atom stereocenters. The Morgan fingerprint density at radius 2 is 1.94 bits per heavy atom. The minimum Gasteiger partial charge on any atom is -0.113 e. The van der Waals surface area contributed by atoms with E-state index in [1.807, 2.05) is 6.92 Å². The summed E-state index contributed by atoms with van der Waals surface area (Å²) in [6, 6.07) is 8.49. The van der Waals surface area contributed by atoms with Crippen LogP contribution >= 0.6 is 21.2 Å². The maximum absolute atomic E-state index is 4.39. The van der Waals surface area contributed by atoms with E-state index in [0.717, 1.165) is 5.57 Å². The lowest BCUT2D eigenvalue weighted by Gasteiger charge is -2.07. The highest BCUT2D eigenvalue weighted by molar-refractivity contribution is 8.77. The van der Waals surface area contributed by atoms with Crippen molar-refractivity contribution in [3.8, 4) is 0 Å². The van der Waals surface area contributed by atoms with E-state index in [2.05, 4.69) is 65.4 Å². The first kappa shape index (κ1) is 11.5. The average molecular weight is 246 g/mol. The SMILES string of the molecule is C=C(C)c1ccc(C2=CC=S(S)C=C2)cc1. The first-order valence-electron chi connectivity index (χ1n) is 5.07. The highest BCUT2D eigenvalue weighted by Gasteiger charge is 2.00. The van der Waals surface area contributed by atoms with Gasteiger partial charge in [0.15, 0.2) is 0 Å². The molecule has 0 aliphatic carbocycles. The van der Waals surface area contributed by atoms with Gasteiger partial charge in [-0.2, -0.15) is 0 Å². The van der Waals surface area contributed by atoms with E-state index in [9.17, 15) is 0 Å². The molecule has 0 amide bonds. The molecule has 1 aliphatic heterocycles. The summed E-state index contributed by atoms with van der Waals surface area (Å²) in [5.74, 6) is 0. The molecule has 2 rings (SSSR count). The van der Waals surface area contributed by atoms with Crippen molar-refractivity contribution in [1.29, 1.82) is 0 Å². The summed E-state index contributed by atoms with van der Waals surface area (Å²) in [5.41, 5.74) is 4.78. The van der Waals surface area contributed by atoms with Crippen LogP contribution in [0.15, 0.2) is 48.4 Å². The zero-order chi connectivity index (χ0) is 11.5. The van der Waals surface area contributed by atoms with Gasteiger partial charge in [-0.1, -0.05) is 36.4 Å². The van der Waals surface area contributed by atoms with E-state index < -0.39 is 0 Å². The van der Waals surface area contributed by atoms with Crippen LogP contribution in [0.3, 0.4) is 0 Å². The molecule has 1 aromatic rings. The highest BCUT2D eigenvalue weighted by Crippen LogP contribution is 2.28. The Hall–Kier alpha value is -0.990. The van der Waals surface area contributed by atoms with Crippen molar-refractivity contribution in [3.63, 3.8) is 0 Å². The van der Waals surface area contributed by atoms with Gasteiger partial charge in [-0.3, -0.25) is 0 Å². The molecule has 0 spiro atoms. The fourth-order valence-electron chi connectivity index (χ4n) is 1.53. The summed E-state index contributed by atoms with van der Waals surface area (Å²) in [7, 11) is 0.00200. The van der Waals surface area contributed by atoms with Crippen LogP contribution < -0.4 is 0 Å². The topological polar surface area (TPSA) is 0 Å². The van der Waals surface area contributed by atoms with Gasteiger partial charge >= 0.3 is 0 Å². The molecule has 0 aromatic heterocycles. The van der Waals surface area contributed by atoms with Crippen molar-refractivity contribution in [2.24, 2.45) is 0 Å². The number of hydrogen-bond acceptors (Lipinski definition) is 1. The third-order valence-electron chi connectivity index (χ3n) is 2.49. The molecular formula is C14H14S2. The largest absolute Gasteiger partial charge is 0.113 e. The molecular weight excluding hydrogens is 232 g/mol. The van der Waals surface area contributed by atoms with Gasteiger partial charge in [0.25, 0.3) is 0 Å². The number of benzene rings is 1. The Labute approximate surface area is 104 Å². The minimum absolute atomic E-state index is 0.00200. The first-order chi connectivity index (χ1) is 7.66. The van der Waals surface area contributed by atoms with E-state index in [-0.39, 0.29) is 9.52 Å². The Morgan fingerprint density at radius 3 is 2.44 bits per heavy atom. The molecule has 1 aromatic carbocycles. The van der Waals surface area contributed by atoms with Gasteiger partial charge < -0.3 is 0 Å². The summed E-state index contributed by atoms with van der Waals surface area (Å²) in [4.78, 5) is 0. The summed E-state index contributed by atoms with van der Waals surface area (Å²) in [5, 5.41) is 4.23. The lowest BCUT2D eigenvalue weighted by molar-refractivity contribution is 1.55. The number of hydrogen-bond donors (Lipinski definition) is 1. The van der Waals surface area contributed by atoms with Crippen molar-refractivity contribution < 1.29 is 0 Å². The Bertz CT molecular complexity index is 502. The molecule has 0 saturated carbocycles. The lowest BCUT2D eigenvalue weighted by atomic mass is 10.0. The third-order valence-corrected chi connectivity index (χ3v) is 4.05.